The summed E-state index contributed by atoms with van der Waals surface area (Å²) in [4.78, 5) is 35.1. The van der Waals surface area contributed by atoms with Crippen LogP contribution in [0.25, 0.3) is 33.8 Å². The second kappa shape index (κ2) is 7.63. The van der Waals surface area contributed by atoms with Crippen LogP contribution in [0.4, 0.5) is 10.1 Å². The Morgan fingerprint density at radius 2 is 1.88 bits per heavy atom. The van der Waals surface area contributed by atoms with Crippen LogP contribution in [-0.4, -0.2) is 47.6 Å². The summed E-state index contributed by atoms with van der Waals surface area (Å²) in [5, 5.41) is 5.99. The van der Waals surface area contributed by atoms with E-state index in [0.717, 1.165) is 16.7 Å². The first-order chi connectivity index (χ1) is 16.1. The van der Waals surface area contributed by atoms with E-state index in [2.05, 4.69) is 30.6 Å². The molecule has 0 saturated carbocycles. The van der Waals surface area contributed by atoms with Gasteiger partial charge in [0.2, 0.25) is 5.91 Å². The van der Waals surface area contributed by atoms with Gasteiger partial charge in [-0.05, 0) is 39.8 Å². The van der Waals surface area contributed by atoms with Crippen LogP contribution >= 0.6 is 0 Å². The molecule has 10 heteroatoms. The van der Waals surface area contributed by atoms with E-state index < -0.39 is 11.2 Å². The SMILES string of the molecule is Cc1ncc(-c2nc3c(-c4ccc5c(c4)[C@@](C)(NCC(C)(C)F)C(=O)N5)ncnc3n2C)cn1. The van der Waals surface area contributed by atoms with Crippen molar-refractivity contribution in [2.75, 3.05) is 11.9 Å². The number of amides is 1. The Morgan fingerprint density at radius 1 is 1.15 bits per heavy atom. The van der Waals surface area contributed by atoms with Gasteiger partial charge < -0.3 is 9.88 Å². The summed E-state index contributed by atoms with van der Waals surface area (Å²) in [6.45, 7) is 6.56. The summed E-state index contributed by atoms with van der Waals surface area (Å²) in [7, 11) is 1.88. The molecule has 0 aliphatic carbocycles. The number of rotatable bonds is 5. The maximum atomic E-state index is 14.2. The number of fused-ring (bicyclic) bond motifs is 2. The number of benzene rings is 1. The van der Waals surface area contributed by atoms with Gasteiger partial charge in [0.05, 0.1) is 5.56 Å². The Labute approximate surface area is 195 Å². The van der Waals surface area contributed by atoms with E-state index in [0.29, 0.717) is 34.2 Å². The predicted octanol–water partition coefficient (Wildman–Crippen LogP) is 3.30. The summed E-state index contributed by atoms with van der Waals surface area (Å²) in [6, 6.07) is 5.62. The van der Waals surface area contributed by atoms with Crippen LogP contribution in [0.15, 0.2) is 36.9 Å². The van der Waals surface area contributed by atoms with Crippen LogP contribution < -0.4 is 10.6 Å². The fraction of sp³-hybridized carbons (Fsp3) is 0.333. The number of anilines is 1. The number of alkyl halides is 1. The van der Waals surface area contributed by atoms with Gasteiger partial charge in [-0.3, -0.25) is 10.1 Å². The Hall–Kier alpha value is -3.79. The molecule has 1 aliphatic heterocycles. The molecule has 0 spiro atoms. The number of carbonyl (C=O) groups is 1. The topological polar surface area (TPSA) is 111 Å². The monoisotopic (exact) mass is 460 g/mol. The molecule has 34 heavy (non-hydrogen) atoms. The second-order valence-electron chi connectivity index (χ2n) is 9.32. The Kier molecular flexibility index (Phi) is 4.94. The van der Waals surface area contributed by atoms with Crippen LogP contribution in [0.1, 0.15) is 32.2 Å². The molecule has 5 rings (SSSR count). The molecule has 0 bridgehead atoms. The maximum absolute atomic E-state index is 14.2. The summed E-state index contributed by atoms with van der Waals surface area (Å²) in [6.07, 6.45) is 4.95. The van der Waals surface area contributed by atoms with Crippen molar-refractivity contribution < 1.29 is 9.18 Å². The summed E-state index contributed by atoms with van der Waals surface area (Å²) < 4.78 is 16.1. The van der Waals surface area contributed by atoms with E-state index in [1.807, 2.05) is 36.7 Å². The Bertz CT molecular complexity index is 1420. The lowest BCUT2D eigenvalue weighted by Crippen LogP contribution is -2.49. The number of carbonyl (C=O) groups excluding carboxylic acids is 1. The summed E-state index contributed by atoms with van der Waals surface area (Å²) in [5.41, 5.74) is 2.34. The zero-order valence-corrected chi connectivity index (χ0v) is 19.6. The van der Waals surface area contributed by atoms with Crippen molar-refractivity contribution in [1.29, 1.82) is 0 Å². The van der Waals surface area contributed by atoms with Gasteiger partial charge in [0.1, 0.15) is 40.4 Å². The average molecular weight is 461 g/mol. The van der Waals surface area contributed by atoms with Crippen molar-refractivity contribution >= 4 is 22.8 Å². The third-order valence-electron chi connectivity index (χ3n) is 6.09. The lowest BCUT2D eigenvalue weighted by atomic mass is 9.90. The number of hydrogen-bond donors (Lipinski definition) is 2. The maximum Gasteiger partial charge on any atom is 0.249 e. The smallest absolute Gasteiger partial charge is 0.249 e. The zero-order chi connectivity index (χ0) is 24.3. The molecule has 0 radical (unpaired) electrons. The zero-order valence-electron chi connectivity index (χ0n) is 19.6. The number of imidazole rings is 1. The van der Waals surface area contributed by atoms with Gasteiger partial charge in [0.15, 0.2) is 5.65 Å². The Morgan fingerprint density at radius 3 is 2.59 bits per heavy atom. The molecule has 0 unspecified atom stereocenters. The van der Waals surface area contributed by atoms with Gasteiger partial charge in [0, 0.05) is 42.8 Å². The van der Waals surface area contributed by atoms with E-state index in [4.69, 9.17) is 4.98 Å². The van der Waals surface area contributed by atoms with Gasteiger partial charge in [-0.25, -0.2) is 29.3 Å². The number of hydrogen-bond acceptors (Lipinski definition) is 7. The molecule has 1 amide bonds. The number of aromatic nitrogens is 6. The van der Waals surface area contributed by atoms with Crippen molar-refractivity contribution in [2.45, 2.75) is 38.9 Å². The molecule has 2 N–H and O–H groups in total. The van der Waals surface area contributed by atoms with Crippen molar-refractivity contribution in [3.63, 3.8) is 0 Å². The van der Waals surface area contributed by atoms with Crippen LogP contribution in [0.3, 0.4) is 0 Å². The molecule has 0 saturated heterocycles. The van der Waals surface area contributed by atoms with Crippen molar-refractivity contribution in [3.8, 4) is 22.6 Å². The number of nitrogens with one attached hydrogen (secondary N) is 2. The Balaban J connectivity index is 1.61. The highest BCUT2D eigenvalue weighted by Crippen LogP contribution is 2.39. The van der Waals surface area contributed by atoms with Crippen LogP contribution in [-0.2, 0) is 17.4 Å². The minimum absolute atomic E-state index is 0.0283. The average Bonchev–Trinajstić information content (AvgIpc) is 3.26. The van der Waals surface area contributed by atoms with E-state index in [1.165, 1.54) is 20.2 Å². The van der Waals surface area contributed by atoms with Crippen LogP contribution in [0, 0.1) is 6.92 Å². The van der Waals surface area contributed by atoms with E-state index in [9.17, 15) is 9.18 Å². The molecule has 1 atom stereocenters. The molecular formula is C24H25FN8O. The van der Waals surface area contributed by atoms with E-state index >= 15 is 0 Å². The molecule has 1 aromatic carbocycles. The molecule has 3 aromatic heterocycles. The summed E-state index contributed by atoms with van der Waals surface area (Å²) >= 11 is 0. The summed E-state index contributed by atoms with van der Waals surface area (Å²) in [5.74, 6) is 1.12. The van der Waals surface area contributed by atoms with E-state index in [1.54, 1.807) is 19.3 Å². The second-order valence-corrected chi connectivity index (χ2v) is 9.32. The van der Waals surface area contributed by atoms with Gasteiger partial charge >= 0.3 is 0 Å². The first-order valence-corrected chi connectivity index (χ1v) is 10.9. The molecule has 4 aromatic rings. The molecule has 174 valence electrons. The fourth-order valence-corrected chi connectivity index (χ4v) is 4.12. The highest BCUT2D eigenvalue weighted by molar-refractivity contribution is 6.06. The van der Waals surface area contributed by atoms with Gasteiger partial charge in [-0.1, -0.05) is 6.07 Å². The molecule has 4 heterocycles. The normalized spacial score (nSPS) is 17.8. The van der Waals surface area contributed by atoms with Crippen LogP contribution in [0.5, 0.6) is 0 Å². The molecule has 9 nitrogen and oxygen atoms in total. The highest BCUT2D eigenvalue weighted by atomic mass is 19.1. The van der Waals surface area contributed by atoms with Crippen molar-refractivity contribution in [3.05, 3.63) is 48.3 Å². The largest absolute Gasteiger partial charge is 0.324 e. The van der Waals surface area contributed by atoms with Crippen molar-refractivity contribution in [2.24, 2.45) is 7.05 Å². The number of aryl methyl sites for hydroxylation is 2. The predicted molar refractivity (Wildman–Crippen MR) is 127 cm³/mol. The number of halogens is 1. The number of nitrogens with zero attached hydrogens (tertiary/aromatic N) is 6. The van der Waals surface area contributed by atoms with Gasteiger partial charge in [-0.2, -0.15) is 0 Å². The van der Waals surface area contributed by atoms with Crippen molar-refractivity contribution in [1.82, 2.24) is 34.8 Å². The standard InChI is InChI=1S/C24H25FN8O/c1-13-26-9-15(10-27-13)20-32-19-18(28-12-29-21(19)33(20)5)14-6-7-17-16(8-14)24(4,22(34)31-17)30-11-23(2,3)25/h6-10,12,30H,11H2,1-5H3,(H,31,34)/t24-/m1/s1. The van der Waals surface area contributed by atoms with Gasteiger partial charge in [0.25, 0.3) is 0 Å². The third-order valence-corrected chi connectivity index (χ3v) is 6.09. The lowest BCUT2D eigenvalue weighted by Gasteiger charge is -2.27. The van der Waals surface area contributed by atoms with E-state index in [-0.39, 0.29) is 12.5 Å². The quantitative estimate of drug-likeness (QED) is 0.470. The third kappa shape index (κ3) is 3.60. The first kappa shape index (κ1) is 22.0. The van der Waals surface area contributed by atoms with Gasteiger partial charge in [-0.15, -0.1) is 0 Å². The lowest BCUT2D eigenvalue weighted by molar-refractivity contribution is -0.121. The minimum Gasteiger partial charge on any atom is -0.324 e. The molecule has 0 fully saturated rings. The fourth-order valence-electron chi connectivity index (χ4n) is 4.12. The minimum atomic E-state index is -1.47. The molecular weight excluding hydrogens is 435 g/mol. The molecule has 1 aliphatic rings. The first-order valence-electron chi connectivity index (χ1n) is 10.9. The highest BCUT2D eigenvalue weighted by Gasteiger charge is 2.43. The van der Waals surface area contributed by atoms with Crippen LogP contribution in [0.2, 0.25) is 0 Å².